The first-order valence-corrected chi connectivity index (χ1v) is 9.25. The molecule has 144 valence electrons. The van der Waals surface area contributed by atoms with E-state index in [9.17, 15) is 13.9 Å². The number of hydrogen-bond acceptors (Lipinski definition) is 2. The van der Waals surface area contributed by atoms with Crippen LogP contribution >= 0.6 is 0 Å². The van der Waals surface area contributed by atoms with Crippen LogP contribution in [0.1, 0.15) is 37.0 Å². The molecule has 6 heteroatoms. The van der Waals surface area contributed by atoms with Crippen LogP contribution in [0.15, 0.2) is 53.5 Å². The molecule has 0 heterocycles. The molecule has 27 heavy (non-hydrogen) atoms. The highest BCUT2D eigenvalue weighted by Gasteiger charge is 2.45. The number of benzene rings is 2. The van der Waals surface area contributed by atoms with E-state index in [4.69, 9.17) is 0 Å². The van der Waals surface area contributed by atoms with E-state index in [-0.39, 0.29) is 23.3 Å². The summed E-state index contributed by atoms with van der Waals surface area (Å²) in [6.45, 7) is 3.17. The summed E-state index contributed by atoms with van der Waals surface area (Å²) in [6.07, 6.45) is 0.806. The smallest absolute Gasteiger partial charge is 0.191 e. The lowest BCUT2D eigenvalue weighted by molar-refractivity contribution is 0.176. The zero-order valence-electron chi connectivity index (χ0n) is 15.4. The van der Waals surface area contributed by atoms with Gasteiger partial charge in [0.15, 0.2) is 5.96 Å². The maximum absolute atomic E-state index is 14.1. The molecule has 3 N–H and O–H groups in total. The van der Waals surface area contributed by atoms with Gasteiger partial charge in [0.05, 0.1) is 12.6 Å². The van der Waals surface area contributed by atoms with Crippen LogP contribution in [0, 0.1) is 11.6 Å². The minimum atomic E-state index is -0.989. The van der Waals surface area contributed by atoms with Gasteiger partial charge in [-0.1, -0.05) is 36.4 Å². The number of halogens is 2. The highest BCUT2D eigenvalue weighted by molar-refractivity contribution is 5.79. The summed E-state index contributed by atoms with van der Waals surface area (Å²) in [5.41, 5.74) is 0.694. The first-order valence-electron chi connectivity index (χ1n) is 9.25. The van der Waals surface area contributed by atoms with Crippen molar-refractivity contribution in [2.75, 3.05) is 19.6 Å². The number of nitrogens with zero attached hydrogens (tertiary/aromatic N) is 1. The van der Waals surface area contributed by atoms with Crippen LogP contribution in [0.25, 0.3) is 0 Å². The molecule has 0 amide bonds. The van der Waals surface area contributed by atoms with Crippen molar-refractivity contribution in [1.82, 2.24) is 10.6 Å². The second-order valence-corrected chi connectivity index (χ2v) is 6.87. The molecule has 2 aromatic rings. The molecule has 4 nitrogen and oxygen atoms in total. The molecule has 2 aromatic carbocycles. The molecule has 0 saturated heterocycles. The van der Waals surface area contributed by atoms with Gasteiger partial charge < -0.3 is 15.7 Å². The van der Waals surface area contributed by atoms with E-state index in [1.54, 1.807) is 24.3 Å². The molecule has 1 atom stereocenters. The molecule has 1 saturated carbocycles. The molecule has 1 aliphatic rings. The van der Waals surface area contributed by atoms with Crippen LogP contribution in [0.2, 0.25) is 0 Å². The summed E-state index contributed by atoms with van der Waals surface area (Å²) in [6, 6.07) is 13.0. The van der Waals surface area contributed by atoms with E-state index in [1.807, 2.05) is 19.1 Å². The number of hydrogen-bond donors (Lipinski definition) is 3. The van der Waals surface area contributed by atoms with E-state index >= 15 is 0 Å². The molecule has 0 aromatic heterocycles. The van der Waals surface area contributed by atoms with Crippen molar-refractivity contribution in [3.05, 3.63) is 71.3 Å². The van der Waals surface area contributed by atoms with Crippen LogP contribution < -0.4 is 10.6 Å². The molecular weight excluding hydrogens is 348 g/mol. The average molecular weight is 373 g/mol. The monoisotopic (exact) mass is 373 g/mol. The molecular formula is C21H25F2N3O. The Bertz CT molecular complexity index is 806. The number of guanidine groups is 1. The summed E-state index contributed by atoms with van der Waals surface area (Å²) < 4.78 is 27.9. The zero-order chi connectivity index (χ0) is 19.3. The Morgan fingerprint density at radius 2 is 1.74 bits per heavy atom. The van der Waals surface area contributed by atoms with Gasteiger partial charge in [-0.15, -0.1) is 0 Å². The quantitative estimate of drug-likeness (QED) is 0.516. The predicted octanol–water partition coefficient (Wildman–Crippen LogP) is 3.29. The topological polar surface area (TPSA) is 56.7 Å². The van der Waals surface area contributed by atoms with Crippen LogP contribution in [-0.2, 0) is 5.41 Å². The molecule has 1 unspecified atom stereocenters. The Kier molecular flexibility index (Phi) is 6.06. The Balaban J connectivity index is 1.65. The predicted molar refractivity (Wildman–Crippen MR) is 103 cm³/mol. The Morgan fingerprint density at radius 1 is 1.07 bits per heavy atom. The van der Waals surface area contributed by atoms with E-state index in [2.05, 4.69) is 15.6 Å². The number of rotatable bonds is 7. The first-order chi connectivity index (χ1) is 13.1. The number of aliphatic hydroxyl groups excluding tert-OH is 1. The van der Waals surface area contributed by atoms with Gasteiger partial charge in [0.2, 0.25) is 0 Å². The first kappa shape index (κ1) is 19.3. The van der Waals surface area contributed by atoms with Gasteiger partial charge in [-0.25, -0.2) is 8.78 Å². The third kappa shape index (κ3) is 4.63. The van der Waals surface area contributed by atoms with Crippen molar-refractivity contribution in [2.45, 2.75) is 31.3 Å². The summed E-state index contributed by atoms with van der Waals surface area (Å²) >= 11 is 0. The molecule has 1 aliphatic carbocycles. The maximum atomic E-state index is 14.1. The van der Waals surface area contributed by atoms with Gasteiger partial charge in [0.25, 0.3) is 0 Å². The van der Waals surface area contributed by atoms with Gasteiger partial charge in [0.1, 0.15) is 11.6 Å². The normalized spacial score (nSPS) is 16.7. The summed E-state index contributed by atoms with van der Waals surface area (Å²) in [5, 5.41) is 16.4. The molecule has 0 radical (unpaired) electrons. The fourth-order valence-electron chi connectivity index (χ4n) is 3.18. The van der Waals surface area contributed by atoms with Crippen molar-refractivity contribution in [1.29, 1.82) is 0 Å². The van der Waals surface area contributed by atoms with Crippen molar-refractivity contribution in [2.24, 2.45) is 4.99 Å². The third-order valence-electron chi connectivity index (χ3n) is 4.91. The van der Waals surface area contributed by atoms with Crippen LogP contribution in [0.5, 0.6) is 0 Å². The SMILES string of the molecule is CCNC(=NCC1(c2ccccc2F)CC1)NCC(O)c1ccccc1F. The number of nitrogens with one attached hydrogen (secondary N) is 2. The average Bonchev–Trinajstić information content (AvgIpc) is 3.45. The van der Waals surface area contributed by atoms with Gasteiger partial charge >= 0.3 is 0 Å². The largest absolute Gasteiger partial charge is 0.386 e. The Morgan fingerprint density at radius 3 is 2.37 bits per heavy atom. The van der Waals surface area contributed by atoms with Crippen molar-refractivity contribution in [3.8, 4) is 0 Å². The fraction of sp³-hybridized carbons (Fsp3) is 0.381. The lowest BCUT2D eigenvalue weighted by Gasteiger charge is -2.18. The number of aliphatic imine (C=N–C) groups is 1. The van der Waals surface area contributed by atoms with Crippen LogP contribution in [0.4, 0.5) is 8.78 Å². The summed E-state index contributed by atoms with van der Waals surface area (Å²) in [7, 11) is 0. The van der Waals surface area contributed by atoms with Gasteiger partial charge in [-0.2, -0.15) is 0 Å². The molecule has 0 aliphatic heterocycles. The second-order valence-electron chi connectivity index (χ2n) is 6.87. The zero-order valence-corrected chi connectivity index (χ0v) is 15.4. The van der Waals surface area contributed by atoms with Crippen LogP contribution in [0.3, 0.4) is 0 Å². The Labute approximate surface area is 158 Å². The van der Waals surface area contributed by atoms with E-state index in [1.165, 1.54) is 12.1 Å². The highest BCUT2D eigenvalue weighted by Crippen LogP contribution is 2.49. The summed E-state index contributed by atoms with van der Waals surface area (Å²) in [5.74, 6) is -0.112. The van der Waals surface area contributed by atoms with Crippen LogP contribution in [-0.4, -0.2) is 30.7 Å². The van der Waals surface area contributed by atoms with Gasteiger partial charge in [-0.05, 0) is 37.5 Å². The minimum Gasteiger partial charge on any atom is -0.386 e. The maximum Gasteiger partial charge on any atom is 0.191 e. The van der Waals surface area contributed by atoms with Crippen molar-refractivity contribution in [3.63, 3.8) is 0 Å². The van der Waals surface area contributed by atoms with Gasteiger partial charge in [-0.3, -0.25) is 4.99 Å². The highest BCUT2D eigenvalue weighted by atomic mass is 19.1. The third-order valence-corrected chi connectivity index (χ3v) is 4.91. The molecule has 0 bridgehead atoms. The van der Waals surface area contributed by atoms with E-state index < -0.39 is 11.9 Å². The second kappa shape index (κ2) is 8.48. The van der Waals surface area contributed by atoms with E-state index in [0.717, 1.165) is 12.8 Å². The molecule has 3 rings (SSSR count). The van der Waals surface area contributed by atoms with Crippen molar-refractivity contribution >= 4 is 5.96 Å². The standard InChI is InChI=1S/C21H25F2N3O/c1-2-24-20(25-13-19(27)15-7-3-5-9-17(15)22)26-14-21(11-12-21)16-8-4-6-10-18(16)23/h3-10,19,27H,2,11-14H2,1H3,(H2,24,25,26). The molecule has 1 fully saturated rings. The summed E-state index contributed by atoms with van der Waals surface area (Å²) in [4.78, 5) is 4.58. The van der Waals surface area contributed by atoms with Crippen molar-refractivity contribution < 1.29 is 13.9 Å². The Hall–Kier alpha value is -2.47. The number of aliphatic hydroxyl groups is 1. The van der Waals surface area contributed by atoms with E-state index in [0.29, 0.717) is 24.6 Å². The fourth-order valence-corrected chi connectivity index (χ4v) is 3.18. The minimum absolute atomic E-state index is 0.124. The lowest BCUT2D eigenvalue weighted by Crippen LogP contribution is -2.40. The van der Waals surface area contributed by atoms with Gasteiger partial charge in [0, 0.05) is 24.1 Å². The molecule has 0 spiro atoms. The lowest BCUT2D eigenvalue weighted by atomic mass is 9.95.